The number of carboxylic acid groups (broad SMARTS) is 1. The minimum atomic E-state index is -0.845. The Hall–Kier alpha value is -2.75. The van der Waals surface area contributed by atoms with E-state index in [1.165, 1.54) is 0 Å². The van der Waals surface area contributed by atoms with E-state index in [0.717, 1.165) is 22.2 Å². The average molecular weight is 295 g/mol. The highest BCUT2D eigenvalue weighted by atomic mass is 16.5. The number of hydrogen-bond donors (Lipinski definition) is 1. The van der Waals surface area contributed by atoms with E-state index in [2.05, 4.69) is 0 Å². The third-order valence-electron chi connectivity index (χ3n) is 3.71. The smallest absolute Gasteiger partial charge is 0.326 e. The van der Waals surface area contributed by atoms with E-state index in [9.17, 15) is 4.79 Å². The molecule has 1 aromatic heterocycles. The second kappa shape index (κ2) is 5.93. The van der Waals surface area contributed by atoms with Gasteiger partial charge in [-0.3, -0.25) is 0 Å². The first-order valence-corrected chi connectivity index (χ1v) is 7.15. The molecule has 1 unspecified atom stereocenters. The van der Waals surface area contributed by atoms with Gasteiger partial charge in [0.2, 0.25) is 0 Å². The fourth-order valence-electron chi connectivity index (χ4n) is 2.43. The van der Waals surface area contributed by atoms with Crippen molar-refractivity contribution in [2.75, 3.05) is 0 Å². The quantitative estimate of drug-likeness (QED) is 0.777. The van der Waals surface area contributed by atoms with Crippen molar-refractivity contribution >= 4 is 16.9 Å². The number of nitrogens with zero attached hydrogens (tertiary/aromatic N) is 1. The molecular formula is C18H17NO3. The summed E-state index contributed by atoms with van der Waals surface area (Å²) in [4.78, 5) is 11.1. The van der Waals surface area contributed by atoms with Gasteiger partial charge in [0, 0.05) is 17.1 Å². The predicted octanol–water partition coefficient (Wildman–Crippen LogP) is 3.87. The summed E-state index contributed by atoms with van der Waals surface area (Å²) in [5, 5.41) is 10.1. The van der Waals surface area contributed by atoms with Crippen molar-refractivity contribution in [3.63, 3.8) is 0 Å². The molecule has 0 saturated carbocycles. The van der Waals surface area contributed by atoms with Crippen molar-refractivity contribution in [1.29, 1.82) is 0 Å². The van der Waals surface area contributed by atoms with Crippen molar-refractivity contribution < 1.29 is 14.6 Å². The Morgan fingerprint density at radius 2 is 1.95 bits per heavy atom. The zero-order valence-electron chi connectivity index (χ0n) is 12.3. The molecule has 1 heterocycles. The molecule has 1 N–H and O–H groups in total. The minimum Gasteiger partial charge on any atom is -0.489 e. The maximum absolute atomic E-state index is 11.1. The molecule has 0 aliphatic carbocycles. The molecule has 0 amide bonds. The second-order valence-electron chi connectivity index (χ2n) is 5.23. The summed E-state index contributed by atoms with van der Waals surface area (Å²) in [6.45, 7) is 2.18. The van der Waals surface area contributed by atoms with E-state index in [0.29, 0.717) is 6.61 Å². The molecule has 0 bridgehead atoms. The fourth-order valence-corrected chi connectivity index (χ4v) is 2.43. The van der Waals surface area contributed by atoms with Gasteiger partial charge in [-0.25, -0.2) is 4.79 Å². The van der Waals surface area contributed by atoms with Crippen molar-refractivity contribution in [2.45, 2.75) is 19.6 Å². The van der Waals surface area contributed by atoms with Crippen LogP contribution in [0.2, 0.25) is 0 Å². The molecule has 0 fully saturated rings. The second-order valence-corrected chi connectivity index (χ2v) is 5.23. The number of carboxylic acids is 1. The number of aliphatic carboxylic acids is 1. The number of ether oxygens (including phenoxy) is 1. The lowest BCUT2D eigenvalue weighted by Gasteiger charge is -2.11. The van der Waals surface area contributed by atoms with Crippen molar-refractivity contribution in [3.8, 4) is 5.75 Å². The molecule has 4 heteroatoms. The molecule has 22 heavy (non-hydrogen) atoms. The Morgan fingerprint density at radius 3 is 2.68 bits per heavy atom. The third kappa shape index (κ3) is 2.81. The van der Waals surface area contributed by atoms with Crippen LogP contribution in [0.15, 0.2) is 60.8 Å². The van der Waals surface area contributed by atoms with Gasteiger partial charge in [0.25, 0.3) is 0 Å². The van der Waals surface area contributed by atoms with E-state index in [1.807, 2.05) is 54.6 Å². The third-order valence-corrected chi connectivity index (χ3v) is 3.71. The number of aromatic nitrogens is 1. The highest BCUT2D eigenvalue weighted by Crippen LogP contribution is 2.25. The summed E-state index contributed by atoms with van der Waals surface area (Å²) >= 11 is 0. The Labute approximate surface area is 128 Å². The zero-order valence-corrected chi connectivity index (χ0v) is 12.3. The minimum absolute atomic E-state index is 0.512. The van der Waals surface area contributed by atoms with E-state index in [4.69, 9.17) is 9.84 Å². The largest absolute Gasteiger partial charge is 0.489 e. The van der Waals surface area contributed by atoms with Gasteiger partial charge in [-0.15, -0.1) is 0 Å². The number of carbonyl (C=O) groups is 1. The predicted molar refractivity (Wildman–Crippen MR) is 85.1 cm³/mol. The van der Waals surface area contributed by atoms with Crippen LogP contribution in [0.1, 0.15) is 18.5 Å². The van der Waals surface area contributed by atoms with Crippen LogP contribution in [-0.2, 0) is 11.4 Å². The lowest BCUT2D eigenvalue weighted by molar-refractivity contribution is -0.140. The summed E-state index contributed by atoms with van der Waals surface area (Å²) < 4.78 is 7.54. The molecule has 0 aliphatic rings. The van der Waals surface area contributed by atoms with E-state index >= 15 is 0 Å². The number of fused-ring (bicyclic) bond motifs is 1. The van der Waals surface area contributed by atoms with Crippen molar-refractivity contribution in [3.05, 3.63) is 66.4 Å². The summed E-state index contributed by atoms with van der Waals surface area (Å²) in [6, 6.07) is 17.0. The van der Waals surface area contributed by atoms with Gasteiger partial charge in [-0.2, -0.15) is 0 Å². The molecule has 2 aromatic carbocycles. The Kier molecular flexibility index (Phi) is 3.83. The van der Waals surface area contributed by atoms with Crippen LogP contribution in [0, 0.1) is 0 Å². The van der Waals surface area contributed by atoms with Gasteiger partial charge in [0.15, 0.2) is 0 Å². The first kappa shape index (κ1) is 14.2. The van der Waals surface area contributed by atoms with Gasteiger partial charge in [-0.05, 0) is 36.8 Å². The van der Waals surface area contributed by atoms with Crippen LogP contribution >= 0.6 is 0 Å². The monoisotopic (exact) mass is 295 g/mol. The van der Waals surface area contributed by atoms with Crippen LogP contribution < -0.4 is 4.74 Å². The Balaban J connectivity index is 1.81. The number of hydrogen-bond acceptors (Lipinski definition) is 2. The highest BCUT2D eigenvalue weighted by Gasteiger charge is 2.15. The molecule has 0 spiro atoms. The van der Waals surface area contributed by atoms with Crippen molar-refractivity contribution in [1.82, 2.24) is 4.57 Å². The van der Waals surface area contributed by atoms with Crippen LogP contribution in [-0.4, -0.2) is 15.6 Å². The van der Waals surface area contributed by atoms with E-state index in [1.54, 1.807) is 17.7 Å². The van der Waals surface area contributed by atoms with Gasteiger partial charge in [0.1, 0.15) is 18.4 Å². The first-order valence-electron chi connectivity index (χ1n) is 7.15. The highest BCUT2D eigenvalue weighted by molar-refractivity contribution is 5.84. The topological polar surface area (TPSA) is 51.5 Å². The molecule has 112 valence electrons. The summed E-state index contributed by atoms with van der Waals surface area (Å²) in [6.07, 6.45) is 1.80. The van der Waals surface area contributed by atoms with Crippen LogP contribution in [0.3, 0.4) is 0 Å². The lowest BCUT2D eigenvalue weighted by Crippen LogP contribution is -2.14. The SMILES string of the molecule is CC(C(=O)O)n1ccc2cc(OCc3ccccc3)ccc21. The van der Waals surface area contributed by atoms with Gasteiger partial charge in [0.05, 0.1) is 0 Å². The van der Waals surface area contributed by atoms with Crippen LogP contribution in [0.4, 0.5) is 0 Å². The Morgan fingerprint density at radius 1 is 1.18 bits per heavy atom. The molecule has 4 nitrogen and oxygen atoms in total. The normalized spacial score (nSPS) is 12.2. The lowest BCUT2D eigenvalue weighted by atomic mass is 10.2. The summed E-state index contributed by atoms with van der Waals surface area (Å²) in [7, 11) is 0. The number of benzene rings is 2. The van der Waals surface area contributed by atoms with Crippen LogP contribution in [0.5, 0.6) is 5.75 Å². The van der Waals surface area contributed by atoms with Crippen LogP contribution in [0.25, 0.3) is 10.9 Å². The summed E-state index contributed by atoms with van der Waals surface area (Å²) in [5.74, 6) is -0.0704. The molecule has 0 saturated heterocycles. The molecular weight excluding hydrogens is 278 g/mol. The van der Waals surface area contributed by atoms with E-state index < -0.39 is 12.0 Å². The average Bonchev–Trinajstić information content (AvgIpc) is 2.96. The fraction of sp³-hybridized carbons (Fsp3) is 0.167. The zero-order chi connectivity index (χ0) is 15.5. The van der Waals surface area contributed by atoms with Gasteiger partial charge in [-0.1, -0.05) is 30.3 Å². The number of rotatable bonds is 5. The van der Waals surface area contributed by atoms with Gasteiger partial charge < -0.3 is 14.4 Å². The van der Waals surface area contributed by atoms with E-state index in [-0.39, 0.29) is 0 Å². The maximum Gasteiger partial charge on any atom is 0.326 e. The molecule has 3 rings (SSSR count). The van der Waals surface area contributed by atoms with Crippen molar-refractivity contribution in [2.24, 2.45) is 0 Å². The maximum atomic E-state index is 11.1. The molecule has 0 aliphatic heterocycles. The van der Waals surface area contributed by atoms with Gasteiger partial charge >= 0.3 is 5.97 Å². The summed E-state index contributed by atoms with van der Waals surface area (Å²) in [5.41, 5.74) is 2.00. The standard InChI is InChI=1S/C18H17NO3/c1-13(18(20)21)19-10-9-15-11-16(7-8-17(15)19)22-12-14-5-3-2-4-6-14/h2-11,13H,12H2,1H3,(H,20,21). The first-order chi connectivity index (χ1) is 10.6. The molecule has 0 radical (unpaired) electrons. The molecule has 3 aromatic rings. The molecule has 1 atom stereocenters. The Bertz CT molecular complexity index is 792.